The molecule has 2 aliphatic rings. The van der Waals surface area contributed by atoms with Crippen LogP contribution in [-0.2, 0) is 9.59 Å². The predicted molar refractivity (Wildman–Crippen MR) is 86.0 cm³/mol. The Hall–Kier alpha value is -2.05. The molecule has 2 saturated heterocycles. The number of amides is 2. The minimum absolute atomic E-state index is 0.0235. The zero-order valence-corrected chi connectivity index (χ0v) is 13.8. The maximum atomic E-state index is 13.3. The van der Waals surface area contributed by atoms with Crippen molar-refractivity contribution in [2.75, 3.05) is 13.1 Å². The Balaban J connectivity index is 1.44. The Morgan fingerprint density at radius 1 is 1.20 bits per heavy atom. The third kappa shape index (κ3) is 4.14. The fourth-order valence-corrected chi connectivity index (χ4v) is 3.34. The number of benzene rings is 1. The molecule has 0 aliphatic carbocycles. The van der Waals surface area contributed by atoms with Crippen molar-refractivity contribution >= 4 is 11.8 Å². The van der Waals surface area contributed by atoms with Gasteiger partial charge >= 0.3 is 0 Å². The standard InChI is InChI=1S/C18H21F3N2O2/c19-17(18(20)21)12-3-1-11(2-4-12)13-9-23(10-13)16(25)8-6-14-5-7-15(24)22-14/h1-4,13-14,17-18H,5-10H2,(H,22,24). The Kier molecular flexibility index (Phi) is 5.30. The molecular formula is C18H21F3N2O2. The number of nitrogens with zero attached hydrogens (tertiary/aromatic N) is 1. The van der Waals surface area contributed by atoms with E-state index in [1.165, 1.54) is 12.1 Å². The van der Waals surface area contributed by atoms with E-state index in [9.17, 15) is 22.8 Å². The van der Waals surface area contributed by atoms with Crippen LogP contribution in [0.3, 0.4) is 0 Å². The van der Waals surface area contributed by atoms with Crippen LogP contribution < -0.4 is 5.32 Å². The molecule has 0 radical (unpaired) electrons. The topological polar surface area (TPSA) is 49.4 Å². The van der Waals surface area contributed by atoms with Crippen LogP contribution in [0.25, 0.3) is 0 Å². The van der Waals surface area contributed by atoms with Gasteiger partial charge in [0.15, 0.2) is 6.17 Å². The molecule has 2 fully saturated rings. The summed E-state index contributed by atoms with van der Waals surface area (Å²) in [5.41, 5.74) is 0.905. The molecule has 2 amide bonds. The Morgan fingerprint density at radius 3 is 2.44 bits per heavy atom. The van der Waals surface area contributed by atoms with Gasteiger partial charge in [0, 0.05) is 37.9 Å². The summed E-state index contributed by atoms with van der Waals surface area (Å²) < 4.78 is 38.0. The molecule has 7 heteroatoms. The van der Waals surface area contributed by atoms with Gasteiger partial charge in [-0.2, -0.15) is 0 Å². The van der Waals surface area contributed by atoms with E-state index in [0.717, 1.165) is 12.0 Å². The van der Waals surface area contributed by atoms with Crippen molar-refractivity contribution in [3.05, 3.63) is 35.4 Å². The fraction of sp³-hybridized carbons (Fsp3) is 0.556. The zero-order valence-electron chi connectivity index (χ0n) is 13.8. The largest absolute Gasteiger partial charge is 0.353 e. The predicted octanol–water partition coefficient (Wildman–Crippen LogP) is 2.95. The zero-order chi connectivity index (χ0) is 18.0. The highest BCUT2D eigenvalue weighted by Gasteiger charge is 2.32. The molecule has 0 spiro atoms. The van der Waals surface area contributed by atoms with E-state index < -0.39 is 12.6 Å². The SMILES string of the molecule is O=C1CCC(CCC(=O)N2CC(c3ccc(C(F)C(F)F)cc3)C2)N1. The van der Waals surface area contributed by atoms with Gasteiger partial charge in [0.25, 0.3) is 6.43 Å². The first-order chi connectivity index (χ1) is 11.9. The maximum absolute atomic E-state index is 13.3. The number of carbonyl (C=O) groups excluding carboxylic acids is 2. The van der Waals surface area contributed by atoms with E-state index in [1.54, 1.807) is 17.0 Å². The van der Waals surface area contributed by atoms with E-state index in [-0.39, 0.29) is 29.3 Å². The highest BCUT2D eigenvalue weighted by Crippen LogP contribution is 2.30. The van der Waals surface area contributed by atoms with Crippen LogP contribution in [0.5, 0.6) is 0 Å². The van der Waals surface area contributed by atoms with Crippen molar-refractivity contribution in [3.63, 3.8) is 0 Å². The number of hydrogen-bond acceptors (Lipinski definition) is 2. The van der Waals surface area contributed by atoms with Crippen molar-refractivity contribution < 1.29 is 22.8 Å². The summed E-state index contributed by atoms with van der Waals surface area (Å²) >= 11 is 0. The molecule has 2 heterocycles. The molecule has 2 atom stereocenters. The summed E-state index contributed by atoms with van der Waals surface area (Å²) in [5.74, 6) is 0.275. The second-order valence-electron chi connectivity index (χ2n) is 6.74. The number of likely N-dealkylation sites (tertiary alicyclic amines) is 1. The lowest BCUT2D eigenvalue weighted by atomic mass is 9.90. The Labute approximate surface area is 144 Å². The van der Waals surface area contributed by atoms with Gasteiger partial charge in [-0.1, -0.05) is 24.3 Å². The van der Waals surface area contributed by atoms with Crippen LogP contribution in [0.15, 0.2) is 24.3 Å². The van der Waals surface area contributed by atoms with Crippen molar-refractivity contribution in [1.82, 2.24) is 10.2 Å². The maximum Gasteiger partial charge on any atom is 0.273 e. The molecule has 0 aromatic heterocycles. The molecule has 1 aromatic carbocycles. The number of carbonyl (C=O) groups is 2. The average molecular weight is 354 g/mol. The van der Waals surface area contributed by atoms with Gasteiger partial charge in [0.05, 0.1) is 0 Å². The van der Waals surface area contributed by atoms with E-state index in [4.69, 9.17) is 0 Å². The number of nitrogens with one attached hydrogen (secondary N) is 1. The smallest absolute Gasteiger partial charge is 0.273 e. The quantitative estimate of drug-likeness (QED) is 0.854. The van der Waals surface area contributed by atoms with Gasteiger partial charge in [0.1, 0.15) is 0 Å². The summed E-state index contributed by atoms with van der Waals surface area (Å²) in [5, 5.41) is 2.85. The van der Waals surface area contributed by atoms with Gasteiger partial charge in [-0.25, -0.2) is 13.2 Å². The second kappa shape index (κ2) is 7.45. The number of halogens is 3. The summed E-state index contributed by atoms with van der Waals surface area (Å²) in [7, 11) is 0. The average Bonchev–Trinajstić information content (AvgIpc) is 2.97. The van der Waals surface area contributed by atoms with E-state index in [2.05, 4.69) is 5.32 Å². The summed E-state index contributed by atoms with van der Waals surface area (Å²) in [6, 6.07) is 6.19. The molecule has 25 heavy (non-hydrogen) atoms. The Morgan fingerprint density at radius 2 is 1.88 bits per heavy atom. The van der Waals surface area contributed by atoms with Crippen LogP contribution in [0.1, 0.15) is 48.9 Å². The molecule has 136 valence electrons. The molecule has 0 bridgehead atoms. The first kappa shape index (κ1) is 17.8. The van der Waals surface area contributed by atoms with E-state index in [0.29, 0.717) is 32.4 Å². The van der Waals surface area contributed by atoms with Crippen LogP contribution in [-0.4, -0.2) is 42.3 Å². The fourth-order valence-electron chi connectivity index (χ4n) is 3.34. The molecule has 0 saturated carbocycles. The molecular weight excluding hydrogens is 333 g/mol. The van der Waals surface area contributed by atoms with Crippen LogP contribution in [0, 0.1) is 0 Å². The molecule has 2 aliphatic heterocycles. The van der Waals surface area contributed by atoms with Crippen molar-refractivity contribution in [1.29, 1.82) is 0 Å². The molecule has 4 nitrogen and oxygen atoms in total. The first-order valence-electron chi connectivity index (χ1n) is 8.53. The molecule has 1 aromatic rings. The number of alkyl halides is 3. The molecule has 1 N–H and O–H groups in total. The van der Waals surface area contributed by atoms with Gasteiger partial charge in [-0.05, 0) is 24.0 Å². The van der Waals surface area contributed by atoms with Gasteiger partial charge in [-0.3, -0.25) is 9.59 Å². The van der Waals surface area contributed by atoms with Crippen LogP contribution in [0.4, 0.5) is 13.2 Å². The first-order valence-corrected chi connectivity index (χ1v) is 8.53. The summed E-state index contributed by atoms with van der Waals surface area (Å²) in [4.78, 5) is 25.0. The molecule has 3 rings (SSSR count). The molecule has 2 unspecified atom stereocenters. The van der Waals surface area contributed by atoms with Gasteiger partial charge in [0.2, 0.25) is 11.8 Å². The van der Waals surface area contributed by atoms with Crippen molar-refractivity contribution in [2.45, 2.75) is 50.2 Å². The Bertz CT molecular complexity index is 630. The van der Waals surface area contributed by atoms with Crippen molar-refractivity contribution in [2.24, 2.45) is 0 Å². The summed E-state index contributed by atoms with van der Waals surface area (Å²) in [6.07, 6.45) is -2.89. The van der Waals surface area contributed by atoms with E-state index >= 15 is 0 Å². The second-order valence-corrected chi connectivity index (χ2v) is 6.74. The van der Waals surface area contributed by atoms with Crippen LogP contribution >= 0.6 is 0 Å². The normalized spacial score (nSPS) is 22.0. The minimum Gasteiger partial charge on any atom is -0.353 e. The van der Waals surface area contributed by atoms with Crippen LogP contribution in [0.2, 0.25) is 0 Å². The highest BCUT2D eigenvalue weighted by atomic mass is 19.3. The monoisotopic (exact) mass is 354 g/mol. The minimum atomic E-state index is -3.02. The summed E-state index contributed by atoms with van der Waals surface area (Å²) in [6.45, 7) is 1.17. The third-order valence-electron chi connectivity index (χ3n) is 4.97. The number of hydrogen-bond donors (Lipinski definition) is 1. The van der Waals surface area contributed by atoms with Gasteiger partial charge in [-0.15, -0.1) is 0 Å². The third-order valence-corrected chi connectivity index (χ3v) is 4.97. The van der Waals surface area contributed by atoms with Crippen molar-refractivity contribution in [3.8, 4) is 0 Å². The van der Waals surface area contributed by atoms with Gasteiger partial charge < -0.3 is 10.2 Å². The lowest BCUT2D eigenvalue weighted by Crippen LogP contribution is -2.48. The van der Waals surface area contributed by atoms with E-state index in [1.807, 2.05) is 0 Å². The highest BCUT2D eigenvalue weighted by molar-refractivity contribution is 5.79. The number of rotatable bonds is 6. The lowest BCUT2D eigenvalue weighted by Gasteiger charge is -2.40. The lowest BCUT2D eigenvalue weighted by molar-refractivity contribution is -0.136.